The fourth-order valence-electron chi connectivity index (χ4n) is 4.48. The van der Waals surface area contributed by atoms with Gasteiger partial charge in [0.2, 0.25) is 0 Å². The third-order valence-electron chi connectivity index (χ3n) is 5.91. The van der Waals surface area contributed by atoms with Crippen molar-refractivity contribution in [3.63, 3.8) is 0 Å². The van der Waals surface area contributed by atoms with Crippen LogP contribution in [0.25, 0.3) is 0 Å². The number of quaternary nitrogens is 1. The van der Waals surface area contributed by atoms with Crippen LogP contribution in [0.3, 0.4) is 0 Å². The summed E-state index contributed by atoms with van der Waals surface area (Å²) >= 11 is 0. The van der Waals surface area contributed by atoms with Gasteiger partial charge >= 0.3 is 0 Å². The number of likely N-dealkylation sites (N-methyl/N-ethyl adjacent to an activating group) is 1. The smallest absolute Gasteiger partial charge is 0.264 e. The Morgan fingerprint density at radius 1 is 1.15 bits per heavy atom. The maximum Gasteiger partial charge on any atom is 0.264 e. The summed E-state index contributed by atoms with van der Waals surface area (Å²) in [5.74, 6) is 0.281. The van der Waals surface area contributed by atoms with Gasteiger partial charge in [-0.1, -0.05) is 36.8 Å². The molecule has 1 N–H and O–H groups in total. The van der Waals surface area contributed by atoms with E-state index in [1.807, 2.05) is 24.3 Å². The molecule has 0 saturated carbocycles. The molecule has 2 aliphatic heterocycles. The Kier molecular flexibility index (Phi) is 4.32. The van der Waals surface area contributed by atoms with Gasteiger partial charge < -0.3 is 4.90 Å². The largest absolute Gasteiger partial charge is 0.337 e. The number of hydrogen-bond acceptors (Lipinski definition) is 2. The Bertz CT molecular complexity index is 922. The van der Waals surface area contributed by atoms with E-state index in [0.717, 1.165) is 37.2 Å². The molecule has 0 aromatic heterocycles. The highest BCUT2D eigenvalue weighted by Gasteiger charge is 2.48. The molecule has 4 rings (SSSR count). The van der Waals surface area contributed by atoms with Crippen molar-refractivity contribution in [2.75, 3.05) is 24.4 Å². The molecule has 1 unspecified atom stereocenters. The van der Waals surface area contributed by atoms with Gasteiger partial charge in [0.25, 0.3) is 10.0 Å². The Balaban J connectivity index is 1.82. The maximum absolute atomic E-state index is 13.5. The topological polar surface area (TPSA) is 41.8 Å². The van der Waals surface area contributed by atoms with Crippen LogP contribution in [-0.4, -0.2) is 34.6 Å². The zero-order chi connectivity index (χ0) is 18.5. The highest BCUT2D eigenvalue weighted by Crippen LogP contribution is 2.45. The van der Waals surface area contributed by atoms with Crippen molar-refractivity contribution in [1.82, 2.24) is 0 Å². The van der Waals surface area contributed by atoms with Crippen LogP contribution in [0.2, 0.25) is 0 Å². The number of hydrogen-bond donors (Lipinski definition) is 1. The lowest BCUT2D eigenvalue weighted by atomic mass is 9.89. The average Bonchev–Trinajstić information content (AvgIpc) is 2.95. The first-order valence-corrected chi connectivity index (χ1v) is 10.9. The van der Waals surface area contributed by atoms with Gasteiger partial charge in [-0.05, 0) is 42.7 Å². The third-order valence-corrected chi connectivity index (χ3v) is 7.76. The Hall–Kier alpha value is -1.85. The van der Waals surface area contributed by atoms with Crippen LogP contribution in [0, 0.1) is 6.92 Å². The average molecular weight is 372 g/mol. The number of aryl methyl sites for hydroxylation is 2. The summed E-state index contributed by atoms with van der Waals surface area (Å²) in [6, 6.07) is 13.6. The molecule has 138 valence electrons. The molecule has 0 amide bonds. The minimum Gasteiger partial charge on any atom is -0.337 e. The van der Waals surface area contributed by atoms with E-state index in [1.54, 1.807) is 16.4 Å². The van der Waals surface area contributed by atoms with Crippen molar-refractivity contribution in [2.24, 2.45) is 0 Å². The number of nitrogens with zero attached hydrogens (tertiary/aromatic N) is 1. The van der Waals surface area contributed by atoms with Gasteiger partial charge in [0.15, 0.2) is 0 Å². The van der Waals surface area contributed by atoms with E-state index in [1.165, 1.54) is 16.0 Å². The second-order valence-electron chi connectivity index (χ2n) is 7.73. The lowest BCUT2D eigenvalue weighted by Gasteiger charge is -2.34. The van der Waals surface area contributed by atoms with E-state index < -0.39 is 10.0 Å². The first-order chi connectivity index (χ1) is 12.4. The molecular weight excluding hydrogens is 344 g/mol. The van der Waals surface area contributed by atoms with E-state index in [2.05, 4.69) is 27.0 Å². The van der Waals surface area contributed by atoms with Gasteiger partial charge in [-0.2, -0.15) is 0 Å². The normalized spacial score (nSPS) is 25.0. The van der Waals surface area contributed by atoms with E-state index in [9.17, 15) is 8.42 Å². The molecule has 2 aliphatic rings. The van der Waals surface area contributed by atoms with Crippen molar-refractivity contribution in [2.45, 2.75) is 43.5 Å². The standard InChI is InChI=1S/C21H26N2O2S/c1-4-16-6-8-17(9-7-16)26(24,25)23-20-10-5-15(2)13-18(20)19-14-22(3)12-11-21(19)23/h5-10,13,19,21H,4,11-12,14H2,1-3H3/p+1/t19-,21-/m0/s1. The van der Waals surface area contributed by atoms with Crippen molar-refractivity contribution in [3.8, 4) is 0 Å². The van der Waals surface area contributed by atoms with Crippen LogP contribution in [0.5, 0.6) is 0 Å². The van der Waals surface area contributed by atoms with E-state index in [-0.39, 0.29) is 12.0 Å². The molecule has 1 fully saturated rings. The SMILES string of the molecule is CCc1ccc(S(=O)(=O)N2c3ccc(C)cc3[C@@H]3C[NH+](C)CC[C@@H]32)cc1. The van der Waals surface area contributed by atoms with Crippen LogP contribution in [0.4, 0.5) is 5.69 Å². The predicted octanol–water partition coefficient (Wildman–Crippen LogP) is 2.14. The molecule has 0 spiro atoms. The van der Waals surface area contributed by atoms with Crippen LogP contribution in [0.1, 0.15) is 36.0 Å². The van der Waals surface area contributed by atoms with Crippen LogP contribution < -0.4 is 9.21 Å². The third kappa shape index (κ3) is 2.74. The zero-order valence-electron chi connectivity index (χ0n) is 15.7. The number of nitrogens with one attached hydrogen (secondary N) is 1. The maximum atomic E-state index is 13.5. The van der Waals surface area contributed by atoms with Crippen molar-refractivity contribution >= 4 is 15.7 Å². The minimum absolute atomic E-state index is 0.0337. The first kappa shape index (κ1) is 17.6. The molecule has 0 bridgehead atoms. The van der Waals surface area contributed by atoms with Gasteiger partial charge in [0, 0.05) is 6.42 Å². The summed E-state index contributed by atoms with van der Waals surface area (Å²) in [5, 5.41) is 0. The Morgan fingerprint density at radius 3 is 2.58 bits per heavy atom. The molecule has 26 heavy (non-hydrogen) atoms. The molecule has 0 radical (unpaired) electrons. The minimum atomic E-state index is -3.55. The van der Waals surface area contributed by atoms with Gasteiger partial charge in [0.05, 0.1) is 42.7 Å². The van der Waals surface area contributed by atoms with Crippen LogP contribution in [0.15, 0.2) is 47.4 Å². The van der Waals surface area contributed by atoms with Crippen LogP contribution in [-0.2, 0) is 16.4 Å². The quantitative estimate of drug-likeness (QED) is 0.898. The molecule has 3 atom stereocenters. The second kappa shape index (κ2) is 6.39. The molecule has 2 aromatic carbocycles. The Labute approximate surface area is 156 Å². The number of anilines is 1. The van der Waals surface area contributed by atoms with Crippen molar-refractivity contribution < 1.29 is 13.3 Å². The number of piperidine rings is 1. The molecule has 4 nitrogen and oxygen atoms in total. The summed E-state index contributed by atoms with van der Waals surface area (Å²) in [4.78, 5) is 1.87. The number of likely N-dealkylation sites (tertiary alicyclic amines) is 1. The van der Waals surface area contributed by atoms with Crippen molar-refractivity contribution in [1.29, 1.82) is 0 Å². The van der Waals surface area contributed by atoms with E-state index in [4.69, 9.17) is 0 Å². The van der Waals surface area contributed by atoms with Gasteiger partial charge in [-0.25, -0.2) is 8.42 Å². The van der Waals surface area contributed by atoms with Gasteiger partial charge in [-0.3, -0.25) is 4.31 Å². The zero-order valence-corrected chi connectivity index (χ0v) is 16.5. The summed E-state index contributed by atoms with van der Waals surface area (Å²) in [6.07, 6.45) is 1.81. The van der Waals surface area contributed by atoms with E-state index >= 15 is 0 Å². The fourth-order valence-corrected chi connectivity index (χ4v) is 6.22. The summed E-state index contributed by atoms with van der Waals surface area (Å²) in [6.45, 7) is 6.15. The lowest BCUT2D eigenvalue weighted by Crippen LogP contribution is -3.11. The number of sulfonamides is 1. The summed E-state index contributed by atoms with van der Waals surface area (Å²) in [7, 11) is -1.35. The first-order valence-electron chi connectivity index (χ1n) is 9.47. The monoisotopic (exact) mass is 371 g/mol. The molecule has 2 aromatic rings. The van der Waals surface area contributed by atoms with Crippen molar-refractivity contribution in [3.05, 3.63) is 59.2 Å². The molecule has 1 saturated heterocycles. The lowest BCUT2D eigenvalue weighted by molar-refractivity contribution is -0.886. The molecule has 5 heteroatoms. The highest BCUT2D eigenvalue weighted by molar-refractivity contribution is 7.92. The van der Waals surface area contributed by atoms with Gasteiger partial charge in [0.1, 0.15) is 0 Å². The summed E-state index contributed by atoms with van der Waals surface area (Å²) < 4.78 is 28.8. The fraction of sp³-hybridized carbons (Fsp3) is 0.429. The van der Waals surface area contributed by atoms with Crippen LogP contribution >= 0.6 is 0 Å². The van der Waals surface area contributed by atoms with E-state index in [0.29, 0.717) is 4.90 Å². The number of benzene rings is 2. The second-order valence-corrected chi connectivity index (χ2v) is 9.55. The molecular formula is C21H27N2O2S+. The number of fused-ring (bicyclic) bond motifs is 3. The molecule has 0 aliphatic carbocycles. The Morgan fingerprint density at radius 2 is 1.88 bits per heavy atom. The highest BCUT2D eigenvalue weighted by atomic mass is 32.2. The molecule has 2 heterocycles. The predicted molar refractivity (Wildman–Crippen MR) is 104 cm³/mol. The number of rotatable bonds is 3. The van der Waals surface area contributed by atoms with Gasteiger partial charge in [-0.15, -0.1) is 0 Å². The summed E-state index contributed by atoms with van der Waals surface area (Å²) in [5.41, 5.74) is 4.42.